The predicted octanol–water partition coefficient (Wildman–Crippen LogP) is 3.07. The van der Waals surface area contributed by atoms with E-state index in [1.54, 1.807) is 36.4 Å². The smallest absolute Gasteiger partial charge is 0.305 e. The fourth-order valence-electron chi connectivity index (χ4n) is 2.31. The van der Waals surface area contributed by atoms with E-state index < -0.39 is 5.97 Å². The fourth-order valence-corrected chi connectivity index (χ4v) is 2.31. The molecule has 0 fully saturated rings. The molecule has 0 radical (unpaired) electrons. The summed E-state index contributed by atoms with van der Waals surface area (Å²) in [5.74, 6) is -1.59. The molecule has 148 valence electrons. The zero-order valence-corrected chi connectivity index (χ0v) is 15.9. The summed E-state index contributed by atoms with van der Waals surface area (Å²) in [5, 5.41) is 13.9. The van der Waals surface area contributed by atoms with Crippen LogP contribution >= 0.6 is 0 Å². The summed E-state index contributed by atoms with van der Waals surface area (Å²) >= 11 is 0. The van der Waals surface area contributed by atoms with Crippen LogP contribution in [0, 0.1) is 0 Å². The van der Waals surface area contributed by atoms with E-state index in [0.717, 1.165) is 5.56 Å². The number of hydrogen-bond donors (Lipinski definition) is 3. The van der Waals surface area contributed by atoms with Crippen molar-refractivity contribution < 1.29 is 24.2 Å². The molecule has 7 heteroatoms. The first-order valence-corrected chi connectivity index (χ1v) is 8.97. The van der Waals surface area contributed by atoms with Crippen molar-refractivity contribution in [3.8, 4) is 0 Å². The molecule has 0 saturated heterocycles. The molecule has 7 nitrogen and oxygen atoms in total. The fraction of sp³-hybridized carbons (Fsp3) is 0.286. The third kappa shape index (κ3) is 6.85. The minimum atomic E-state index is -0.973. The maximum absolute atomic E-state index is 12.3. The summed E-state index contributed by atoms with van der Waals surface area (Å²) in [4.78, 5) is 34.7. The molecule has 0 heterocycles. The predicted molar refractivity (Wildman–Crippen MR) is 105 cm³/mol. The van der Waals surface area contributed by atoms with Gasteiger partial charge in [-0.15, -0.1) is 0 Å². The molecule has 0 saturated carbocycles. The first-order chi connectivity index (χ1) is 13.3. The molecule has 2 aromatic rings. The molecule has 2 rings (SSSR count). The van der Waals surface area contributed by atoms with E-state index in [-0.39, 0.29) is 30.9 Å². The Morgan fingerprint density at radius 3 is 2.07 bits per heavy atom. The number of carboxylic acids is 1. The van der Waals surface area contributed by atoms with E-state index in [4.69, 9.17) is 9.84 Å². The van der Waals surface area contributed by atoms with Gasteiger partial charge in [-0.25, -0.2) is 0 Å². The molecule has 0 aliphatic carbocycles. The Labute approximate surface area is 163 Å². The highest BCUT2D eigenvalue weighted by atomic mass is 16.5. The van der Waals surface area contributed by atoms with Crippen molar-refractivity contribution in [3.05, 3.63) is 65.2 Å². The first kappa shape index (κ1) is 21.1. The molecule has 0 unspecified atom stereocenters. The lowest BCUT2D eigenvalue weighted by Crippen LogP contribution is -2.25. The standard InChI is InChI=1S/C21H24N2O5/c1-14(2)28-13-15-3-5-17(6-4-15)21(27)23-18-9-7-16(8-10-18)20(26)22-12-11-19(24)25/h3-10,14H,11-13H2,1-2H3,(H,22,26)(H,23,27)(H,24,25). The monoisotopic (exact) mass is 384 g/mol. The van der Waals surface area contributed by atoms with Crippen molar-refractivity contribution in [3.63, 3.8) is 0 Å². The molecule has 28 heavy (non-hydrogen) atoms. The van der Waals surface area contributed by atoms with Gasteiger partial charge in [0.1, 0.15) is 0 Å². The van der Waals surface area contributed by atoms with Crippen LogP contribution < -0.4 is 10.6 Å². The molecular formula is C21H24N2O5. The van der Waals surface area contributed by atoms with Gasteiger partial charge in [-0.2, -0.15) is 0 Å². The van der Waals surface area contributed by atoms with E-state index in [2.05, 4.69) is 10.6 Å². The summed E-state index contributed by atoms with van der Waals surface area (Å²) in [7, 11) is 0. The number of carboxylic acid groups (broad SMARTS) is 1. The Kier molecular flexibility index (Phi) is 7.71. The van der Waals surface area contributed by atoms with Crippen LogP contribution in [0.4, 0.5) is 5.69 Å². The Hall–Kier alpha value is -3.19. The van der Waals surface area contributed by atoms with E-state index in [0.29, 0.717) is 23.4 Å². The number of aliphatic carboxylic acids is 1. The minimum absolute atomic E-state index is 0.0604. The molecule has 0 aromatic heterocycles. The lowest BCUT2D eigenvalue weighted by molar-refractivity contribution is -0.136. The van der Waals surface area contributed by atoms with Gasteiger partial charge < -0.3 is 20.5 Å². The van der Waals surface area contributed by atoms with Crippen LogP contribution in [0.5, 0.6) is 0 Å². The van der Waals surface area contributed by atoms with Crippen molar-refractivity contribution >= 4 is 23.5 Å². The molecule has 0 spiro atoms. The summed E-state index contributed by atoms with van der Waals surface area (Å²) < 4.78 is 5.53. The van der Waals surface area contributed by atoms with Gasteiger partial charge in [-0.3, -0.25) is 14.4 Å². The summed E-state index contributed by atoms with van der Waals surface area (Å²) in [6.45, 7) is 4.49. The maximum atomic E-state index is 12.3. The van der Waals surface area contributed by atoms with Crippen LogP contribution in [0.1, 0.15) is 46.5 Å². The number of amides is 2. The van der Waals surface area contributed by atoms with Gasteiger partial charge in [0.25, 0.3) is 11.8 Å². The molecule has 2 amide bonds. The maximum Gasteiger partial charge on any atom is 0.305 e. The normalized spacial score (nSPS) is 10.5. The van der Waals surface area contributed by atoms with E-state index in [1.807, 2.05) is 26.0 Å². The van der Waals surface area contributed by atoms with E-state index >= 15 is 0 Å². The van der Waals surface area contributed by atoms with Crippen molar-refractivity contribution in [2.75, 3.05) is 11.9 Å². The summed E-state index contributed by atoms with van der Waals surface area (Å²) in [6, 6.07) is 13.5. The van der Waals surface area contributed by atoms with Crippen molar-refractivity contribution in [1.82, 2.24) is 5.32 Å². The Morgan fingerprint density at radius 2 is 1.50 bits per heavy atom. The quantitative estimate of drug-likeness (QED) is 0.616. The first-order valence-electron chi connectivity index (χ1n) is 8.97. The van der Waals surface area contributed by atoms with Gasteiger partial charge in [0.15, 0.2) is 0 Å². The number of rotatable bonds is 9. The molecule has 3 N–H and O–H groups in total. The number of benzene rings is 2. The number of hydrogen-bond acceptors (Lipinski definition) is 4. The number of nitrogens with one attached hydrogen (secondary N) is 2. The summed E-state index contributed by atoms with van der Waals surface area (Å²) in [6.07, 6.45) is 0.00706. The molecule has 0 bridgehead atoms. The second kappa shape index (κ2) is 10.2. The minimum Gasteiger partial charge on any atom is -0.481 e. The largest absolute Gasteiger partial charge is 0.481 e. The van der Waals surface area contributed by atoms with Crippen molar-refractivity contribution in [1.29, 1.82) is 0 Å². The Balaban J connectivity index is 1.89. The van der Waals surface area contributed by atoms with Crippen LogP contribution in [-0.4, -0.2) is 35.5 Å². The Bertz CT molecular complexity index is 814. The molecular weight excluding hydrogens is 360 g/mol. The van der Waals surface area contributed by atoms with E-state index in [9.17, 15) is 14.4 Å². The zero-order chi connectivity index (χ0) is 20.5. The topological polar surface area (TPSA) is 105 Å². The van der Waals surface area contributed by atoms with Crippen LogP contribution in [0.15, 0.2) is 48.5 Å². The number of anilines is 1. The van der Waals surface area contributed by atoms with Crippen LogP contribution in [0.25, 0.3) is 0 Å². The SMILES string of the molecule is CC(C)OCc1ccc(C(=O)Nc2ccc(C(=O)NCCC(=O)O)cc2)cc1. The van der Waals surface area contributed by atoms with Gasteiger partial charge >= 0.3 is 5.97 Å². The van der Waals surface area contributed by atoms with Crippen LogP contribution in [-0.2, 0) is 16.1 Å². The molecule has 0 aliphatic rings. The Morgan fingerprint density at radius 1 is 0.929 bits per heavy atom. The van der Waals surface area contributed by atoms with Crippen LogP contribution in [0.3, 0.4) is 0 Å². The third-order valence-electron chi connectivity index (χ3n) is 3.83. The second-order valence-electron chi connectivity index (χ2n) is 6.49. The zero-order valence-electron chi connectivity index (χ0n) is 15.9. The van der Waals surface area contributed by atoms with Gasteiger partial charge in [0.2, 0.25) is 0 Å². The second-order valence-corrected chi connectivity index (χ2v) is 6.49. The lowest BCUT2D eigenvalue weighted by atomic mass is 10.1. The van der Waals surface area contributed by atoms with Crippen LogP contribution in [0.2, 0.25) is 0 Å². The average molecular weight is 384 g/mol. The molecule has 2 aromatic carbocycles. The number of carbonyl (C=O) groups excluding carboxylic acids is 2. The summed E-state index contributed by atoms with van der Waals surface area (Å²) in [5.41, 5.74) is 2.45. The lowest BCUT2D eigenvalue weighted by Gasteiger charge is -2.09. The van der Waals surface area contributed by atoms with Gasteiger partial charge in [0, 0.05) is 23.4 Å². The highest BCUT2D eigenvalue weighted by Gasteiger charge is 2.09. The van der Waals surface area contributed by atoms with Gasteiger partial charge in [0.05, 0.1) is 19.1 Å². The average Bonchev–Trinajstić information content (AvgIpc) is 2.67. The van der Waals surface area contributed by atoms with Gasteiger partial charge in [-0.05, 0) is 55.8 Å². The van der Waals surface area contributed by atoms with Gasteiger partial charge in [-0.1, -0.05) is 12.1 Å². The number of carbonyl (C=O) groups is 3. The van der Waals surface area contributed by atoms with E-state index in [1.165, 1.54) is 0 Å². The molecule has 0 atom stereocenters. The van der Waals surface area contributed by atoms with Crippen molar-refractivity contribution in [2.24, 2.45) is 0 Å². The number of ether oxygens (including phenoxy) is 1. The highest BCUT2D eigenvalue weighted by Crippen LogP contribution is 2.13. The highest BCUT2D eigenvalue weighted by molar-refractivity contribution is 6.04. The third-order valence-corrected chi connectivity index (χ3v) is 3.83. The molecule has 0 aliphatic heterocycles. The van der Waals surface area contributed by atoms with Crippen molar-refractivity contribution in [2.45, 2.75) is 33.0 Å².